The number of likely N-dealkylation sites (tertiary alicyclic amines) is 1. The van der Waals surface area contributed by atoms with E-state index in [4.69, 9.17) is 9.84 Å². The van der Waals surface area contributed by atoms with Crippen LogP contribution in [0.4, 0.5) is 4.79 Å². The minimum absolute atomic E-state index is 0.145. The lowest BCUT2D eigenvalue weighted by molar-refractivity contribution is -0.140. The van der Waals surface area contributed by atoms with Gasteiger partial charge in [0.15, 0.2) is 0 Å². The molecule has 1 fully saturated rings. The number of carbonyl (C=O) groups excluding carboxylic acids is 1. The van der Waals surface area contributed by atoms with Crippen molar-refractivity contribution < 1.29 is 19.4 Å². The summed E-state index contributed by atoms with van der Waals surface area (Å²) in [5, 5.41) is 11.8. The summed E-state index contributed by atoms with van der Waals surface area (Å²) < 4.78 is 5.46. The molecular formula is C14H22N2O4. The quantitative estimate of drug-likeness (QED) is 0.763. The van der Waals surface area contributed by atoms with Crippen LogP contribution in [0.15, 0.2) is 12.2 Å². The second-order valence-electron chi connectivity index (χ2n) is 5.80. The minimum atomic E-state index is -0.845. The Morgan fingerprint density at radius 3 is 2.80 bits per heavy atom. The van der Waals surface area contributed by atoms with Gasteiger partial charge < -0.3 is 20.1 Å². The number of urea groups is 1. The van der Waals surface area contributed by atoms with Gasteiger partial charge in [0.05, 0.1) is 24.1 Å². The van der Waals surface area contributed by atoms with Gasteiger partial charge in [-0.15, -0.1) is 0 Å². The Bertz CT molecular complexity index is 423. The molecule has 112 valence electrons. The van der Waals surface area contributed by atoms with Gasteiger partial charge in [-0.2, -0.15) is 0 Å². The van der Waals surface area contributed by atoms with E-state index >= 15 is 0 Å². The summed E-state index contributed by atoms with van der Waals surface area (Å²) in [6.07, 6.45) is 5.68. The highest BCUT2D eigenvalue weighted by atomic mass is 16.5. The van der Waals surface area contributed by atoms with E-state index in [2.05, 4.69) is 5.32 Å². The number of nitrogens with zero attached hydrogens (tertiary/aromatic N) is 1. The number of amides is 2. The van der Waals surface area contributed by atoms with Gasteiger partial charge in [-0.25, -0.2) is 4.79 Å². The average Bonchev–Trinajstić information content (AvgIpc) is 2.87. The molecule has 2 aliphatic rings. The van der Waals surface area contributed by atoms with Crippen molar-refractivity contribution in [1.82, 2.24) is 10.2 Å². The number of piperidine rings is 1. The molecule has 0 spiro atoms. The van der Waals surface area contributed by atoms with Gasteiger partial charge in [0, 0.05) is 13.7 Å². The first-order valence-electron chi connectivity index (χ1n) is 6.95. The zero-order valence-electron chi connectivity index (χ0n) is 12.0. The molecule has 0 radical (unpaired) electrons. The molecule has 1 aliphatic carbocycles. The molecule has 20 heavy (non-hydrogen) atoms. The van der Waals surface area contributed by atoms with Crippen molar-refractivity contribution in [2.24, 2.45) is 5.92 Å². The van der Waals surface area contributed by atoms with E-state index in [9.17, 15) is 9.59 Å². The van der Waals surface area contributed by atoms with E-state index < -0.39 is 11.9 Å². The van der Waals surface area contributed by atoms with Crippen molar-refractivity contribution in [2.45, 2.75) is 37.8 Å². The van der Waals surface area contributed by atoms with E-state index in [1.165, 1.54) is 0 Å². The van der Waals surface area contributed by atoms with Gasteiger partial charge in [0.2, 0.25) is 0 Å². The lowest BCUT2D eigenvalue weighted by atomic mass is 9.95. The molecule has 1 aliphatic heterocycles. The second-order valence-corrected chi connectivity index (χ2v) is 5.80. The van der Waals surface area contributed by atoms with Crippen LogP contribution in [-0.4, -0.2) is 53.8 Å². The number of carbonyl (C=O) groups is 2. The Labute approximate surface area is 118 Å². The maximum absolute atomic E-state index is 12.2. The summed E-state index contributed by atoms with van der Waals surface area (Å²) in [4.78, 5) is 24.8. The highest BCUT2D eigenvalue weighted by Crippen LogP contribution is 2.24. The van der Waals surface area contributed by atoms with Crippen molar-refractivity contribution in [3.63, 3.8) is 0 Å². The van der Waals surface area contributed by atoms with E-state index in [-0.39, 0.29) is 17.7 Å². The van der Waals surface area contributed by atoms with Crippen LogP contribution in [0.1, 0.15) is 26.2 Å². The van der Waals surface area contributed by atoms with E-state index in [0.717, 1.165) is 12.8 Å². The van der Waals surface area contributed by atoms with Gasteiger partial charge in [0.25, 0.3) is 0 Å². The first-order chi connectivity index (χ1) is 9.43. The van der Waals surface area contributed by atoms with Gasteiger partial charge in [-0.05, 0) is 26.2 Å². The number of nitrogens with one attached hydrogen (secondary N) is 1. The van der Waals surface area contributed by atoms with Gasteiger partial charge in [0.1, 0.15) is 0 Å². The zero-order chi connectivity index (χ0) is 14.8. The van der Waals surface area contributed by atoms with E-state index in [1.807, 2.05) is 6.92 Å². The summed E-state index contributed by atoms with van der Waals surface area (Å²) in [7, 11) is 1.67. The first kappa shape index (κ1) is 14.8. The topological polar surface area (TPSA) is 78.9 Å². The van der Waals surface area contributed by atoms with Crippen LogP contribution in [0, 0.1) is 5.92 Å². The smallest absolute Gasteiger partial charge is 0.317 e. The summed E-state index contributed by atoms with van der Waals surface area (Å²) in [5.41, 5.74) is -0.287. The molecule has 2 N–H and O–H groups in total. The Hall–Kier alpha value is -1.56. The molecule has 6 nitrogen and oxygen atoms in total. The van der Waals surface area contributed by atoms with E-state index in [0.29, 0.717) is 19.5 Å². The molecular weight excluding hydrogens is 260 g/mol. The molecule has 0 bridgehead atoms. The standard InChI is InChI=1S/C14H22N2O4/c1-14(20-2)6-3-7-16(9-14)13(19)15-11-5-4-10(8-11)12(17)18/h4-5,10-11H,3,6-9H2,1-2H3,(H,15,19)(H,17,18). The number of carboxylic acid groups (broad SMARTS) is 1. The van der Waals surface area contributed by atoms with Gasteiger partial charge >= 0.3 is 12.0 Å². The molecule has 1 heterocycles. The summed E-state index contributed by atoms with van der Waals surface area (Å²) in [5.74, 6) is -1.34. The first-order valence-corrected chi connectivity index (χ1v) is 6.95. The second kappa shape index (κ2) is 5.83. The van der Waals surface area contributed by atoms with Crippen molar-refractivity contribution in [3.8, 4) is 0 Å². The lowest BCUT2D eigenvalue weighted by Crippen LogP contribution is -2.53. The predicted molar refractivity (Wildman–Crippen MR) is 73.4 cm³/mol. The van der Waals surface area contributed by atoms with Gasteiger partial charge in [-0.3, -0.25) is 4.79 Å². The van der Waals surface area contributed by atoms with Crippen molar-refractivity contribution in [3.05, 3.63) is 12.2 Å². The number of hydrogen-bond donors (Lipinski definition) is 2. The largest absolute Gasteiger partial charge is 0.481 e. The van der Waals surface area contributed by atoms with Crippen LogP contribution >= 0.6 is 0 Å². The Kier molecular flexibility index (Phi) is 4.32. The number of rotatable bonds is 3. The molecule has 2 rings (SSSR count). The highest BCUT2D eigenvalue weighted by Gasteiger charge is 2.34. The number of hydrogen-bond acceptors (Lipinski definition) is 3. The van der Waals surface area contributed by atoms with Gasteiger partial charge in [-0.1, -0.05) is 12.2 Å². The summed E-state index contributed by atoms with van der Waals surface area (Å²) in [6.45, 7) is 3.28. The lowest BCUT2D eigenvalue weighted by Gasteiger charge is -2.39. The monoisotopic (exact) mass is 282 g/mol. The van der Waals surface area contributed by atoms with Crippen LogP contribution in [0.25, 0.3) is 0 Å². The van der Waals surface area contributed by atoms with Crippen LogP contribution < -0.4 is 5.32 Å². The number of methoxy groups -OCH3 is 1. The fourth-order valence-corrected chi connectivity index (χ4v) is 2.78. The van der Waals surface area contributed by atoms with Crippen molar-refractivity contribution >= 4 is 12.0 Å². The SMILES string of the molecule is COC1(C)CCCN(C(=O)NC2C=CC(C(=O)O)C2)C1. The molecule has 3 unspecified atom stereocenters. The van der Waals surface area contributed by atoms with Crippen molar-refractivity contribution in [1.29, 1.82) is 0 Å². The van der Waals surface area contributed by atoms with Crippen molar-refractivity contribution in [2.75, 3.05) is 20.2 Å². The Morgan fingerprint density at radius 1 is 1.45 bits per heavy atom. The number of carboxylic acids is 1. The third-order valence-electron chi connectivity index (χ3n) is 4.15. The van der Waals surface area contributed by atoms with Crippen LogP contribution in [0.3, 0.4) is 0 Å². The third kappa shape index (κ3) is 3.30. The zero-order valence-corrected chi connectivity index (χ0v) is 12.0. The molecule has 0 aromatic rings. The average molecular weight is 282 g/mol. The molecule has 2 amide bonds. The summed E-state index contributed by atoms with van der Waals surface area (Å²) >= 11 is 0. The van der Waals surface area contributed by atoms with Crippen LogP contribution in [0.2, 0.25) is 0 Å². The molecule has 1 saturated heterocycles. The highest BCUT2D eigenvalue weighted by molar-refractivity contribution is 5.76. The minimum Gasteiger partial charge on any atom is -0.481 e. The van der Waals surface area contributed by atoms with E-state index in [1.54, 1.807) is 24.2 Å². The summed E-state index contributed by atoms with van der Waals surface area (Å²) in [6, 6.07) is -0.340. The Balaban J connectivity index is 1.87. The molecule has 6 heteroatoms. The third-order valence-corrected chi connectivity index (χ3v) is 4.15. The molecule has 3 atom stereocenters. The number of aliphatic carboxylic acids is 1. The Morgan fingerprint density at radius 2 is 2.20 bits per heavy atom. The van der Waals surface area contributed by atoms with Crippen LogP contribution in [-0.2, 0) is 9.53 Å². The maximum atomic E-state index is 12.2. The molecule has 0 aromatic carbocycles. The fourth-order valence-electron chi connectivity index (χ4n) is 2.78. The van der Waals surface area contributed by atoms with Crippen LogP contribution in [0.5, 0.6) is 0 Å². The molecule has 0 aromatic heterocycles. The maximum Gasteiger partial charge on any atom is 0.317 e. The normalized spacial score (nSPS) is 33.2. The molecule has 0 saturated carbocycles. The predicted octanol–water partition coefficient (Wildman–Crippen LogP) is 1.23. The number of ether oxygens (including phenoxy) is 1. The fraction of sp³-hybridized carbons (Fsp3) is 0.714.